The molecule has 0 N–H and O–H groups in total. The van der Waals surface area contributed by atoms with Gasteiger partial charge in [-0.25, -0.2) is 0 Å². The normalized spacial score (nSPS) is 14.8. The number of carbonyl (C=O) groups excluding carboxylic acids is 2. The Morgan fingerprint density at radius 2 is 1.44 bits per heavy atom. The van der Waals surface area contributed by atoms with E-state index < -0.39 is 0 Å². The Bertz CT molecular complexity index is 497. The van der Waals surface area contributed by atoms with E-state index in [0.717, 1.165) is 12.8 Å². The Kier molecular flexibility index (Phi) is 11.7. The van der Waals surface area contributed by atoms with Gasteiger partial charge >= 0.3 is 0 Å². The largest absolute Gasteiger partial charge is 0.493 e. The van der Waals surface area contributed by atoms with Crippen LogP contribution in [0.15, 0.2) is 35.6 Å². The topological polar surface area (TPSA) is 43.4 Å². The average Bonchev–Trinajstić information content (AvgIpc) is 2.61. The number of carbonyl (C=O) groups is 2. The van der Waals surface area contributed by atoms with Gasteiger partial charge < -0.3 is 4.74 Å². The maximum absolute atomic E-state index is 12.0. The summed E-state index contributed by atoms with van der Waals surface area (Å²) in [5.74, 6) is -0.101. The van der Waals surface area contributed by atoms with Crippen LogP contribution in [-0.4, -0.2) is 18.7 Å². The zero-order valence-electron chi connectivity index (χ0n) is 16.0. The molecule has 0 unspecified atom stereocenters. The number of allylic oxidation sites excluding steroid dienone is 5. The first-order chi connectivity index (χ1) is 12.2. The van der Waals surface area contributed by atoms with Gasteiger partial charge in [-0.3, -0.25) is 9.59 Å². The smallest absolute Gasteiger partial charge is 0.223 e. The van der Waals surface area contributed by atoms with Crippen LogP contribution in [0, 0.1) is 0 Å². The fraction of sp³-hybridized carbons (Fsp3) is 0.636. The Hall–Kier alpha value is -1.64. The molecule has 0 fully saturated rings. The van der Waals surface area contributed by atoms with E-state index in [-0.39, 0.29) is 17.3 Å². The van der Waals surface area contributed by atoms with E-state index in [4.69, 9.17) is 4.74 Å². The van der Waals surface area contributed by atoms with Crippen molar-refractivity contribution in [3.63, 3.8) is 0 Å². The standard InChI is InChI=1S/C22H34O3/c1-3-4-5-6-7-8-9-10-11-12-13-14-15-16-19-17-20(23)18-21(25-2)22(19)24/h6-7,17-18H,3-5,8-16H2,1-2H3. The molecular formula is C22H34O3. The molecule has 0 aliphatic heterocycles. The molecule has 0 saturated carbocycles. The van der Waals surface area contributed by atoms with Crippen LogP contribution < -0.4 is 0 Å². The fourth-order valence-electron chi connectivity index (χ4n) is 2.99. The number of unbranched alkanes of at least 4 members (excludes halogenated alkanes) is 9. The fourth-order valence-corrected chi connectivity index (χ4v) is 2.99. The molecule has 0 heterocycles. The molecule has 3 heteroatoms. The van der Waals surface area contributed by atoms with Crippen molar-refractivity contribution >= 4 is 11.6 Å². The molecule has 25 heavy (non-hydrogen) atoms. The SMILES string of the molecule is CCCCC=CCCCCCCCCCC1=CC(=O)C=C(OC)C1=O. The molecular weight excluding hydrogens is 312 g/mol. The van der Waals surface area contributed by atoms with Crippen molar-refractivity contribution in [3.8, 4) is 0 Å². The van der Waals surface area contributed by atoms with Crippen molar-refractivity contribution in [2.75, 3.05) is 7.11 Å². The van der Waals surface area contributed by atoms with Gasteiger partial charge in [0.05, 0.1) is 7.11 Å². The Morgan fingerprint density at radius 3 is 2.08 bits per heavy atom. The zero-order valence-corrected chi connectivity index (χ0v) is 16.0. The Balaban J connectivity index is 2.00. The molecule has 0 amide bonds. The van der Waals surface area contributed by atoms with Crippen molar-refractivity contribution in [3.05, 3.63) is 35.6 Å². The summed E-state index contributed by atoms with van der Waals surface area (Å²) >= 11 is 0. The van der Waals surface area contributed by atoms with Crippen molar-refractivity contribution in [2.24, 2.45) is 0 Å². The minimum absolute atomic E-state index is 0.130. The quantitative estimate of drug-likeness (QED) is 0.225. The average molecular weight is 347 g/mol. The predicted octanol–water partition coefficient (Wildman–Crippen LogP) is 5.85. The van der Waals surface area contributed by atoms with E-state index in [1.54, 1.807) is 0 Å². The first-order valence-electron chi connectivity index (χ1n) is 9.89. The van der Waals surface area contributed by atoms with Gasteiger partial charge in [0.2, 0.25) is 5.78 Å². The van der Waals surface area contributed by atoms with Gasteiger partial charge in [0, 0.05) is 11.6 Å². The molecule has 0 aromatic heterocycles. The van der Waals surface area contributed by atoms with Crippen molar-refractivity contribution in [1.82, 2.24) is 0 Å². The van der Waals surface area contributed by atoms with E-state index in [2.05, 4.69) is 19.1 Å². The molecule has 1 aliphatic carbocycles. The summed E-state index contributed by atoms with van der Waals surface area (Å²) in [6.45, 7) is 2.23. The van der Waals surface area contributed by atoms with E-state index in [1.165, 1.54) is 77.0 Å². The van der Waals surface area contributed by atoms with E-state index >= 15 is 0 Å². The van der Waals surface area contributed by atoms with E-state index in [9.17, 15) is 9.59 Å². The Morgan fingerprint density at radius 1 is 0.840 bits per heavy atom. The van der Waals surface area contributed by atoms with Crippen LogP contribution in [0.3, 0.4) is 0 Å². The summed E-state index contributed by atoms with van der Waals surface area (Å²) in [6.07, 6.45) is 21.5. The molecule has 0 bridgehead atoms. The van der Waals surface area contributed by atoms with Crippen LogP contribution in [-0.2, 0) is 14.3 Å². The number of ketones is 2. The molecule has 0 aromatic carbocycles. The van der Waals surface area contributed by atoms with Crippen LogP contribution in [0.25, 0.3) is 0 Å². The summed E-state index contributed by atoms with van der Waals surface area (Å²) in [5.41, 5.74) is 0.596. The highest BCUT2D eigenvalue weighted by atomic mass is 16.5. The first-order valence-corrected chi connectivity index (χ1v) is 9.89. The zero-order chi connectivity index (χ0) is 18.3. The number of rotatable bonds is 14. The molecule has 0 saturated heterocycles. The molecule has 0 aromatic rings. The summed E-state index contributed by atoms with van der Waals surface area (Å²) in [6, 6.07) is 0. The van der Waals surface area contributed by atoms with Crippen LogP contribution in [0.1, 0.15) is 84.0 Å². The van der Waals surface area contributed by atoms with Crippen molar-refractivity contribution in [1.29, 1.82) is 0 Å². The lowest BCUT2D eigenvalue weighted by molar-refractivity contribution is -0.117. The number of methoxy groups -OCH3 is 1. The van der Waals surface area contributed by atoms with Crippen LogP contribution >= 0.6 is 0 Å². The van der Waals surface area contributed by atoms with Crippen molar-refractivity contribution in [2.45, 2.75) is 84.0 Å². The van der Waals surface area contributed by atoms with Crippen LogP contribution in [0.2, 0.25) is 0 Å². The lowest BCUT2D eigenvalue weighted by Crippen LogP contribution is -2.15. The number of hydrogen-bond acceptors (Lipinski definition) is 3. The molecule has 0 radical (unpaired) electrons. The maximum Gasteiger partial charge on any atom is 0.223 e. The highest BCUT2D eigenvalue weighted by Gasteiger charge is 2.21. The second-order valence-electron chi connectivity index (χ2n) is 6.74. The van der Waals surface area contributed by atoms with Gasteiger partial charge in [-0.05, 0) is 38.2 Å². The molecule has 3 nitrogen and oxygen atoms in total. The third-order valence-electron chi connectivity index (χ3n) is 4.53. The van der Waals surface area contributed by atoms with Gasteiger partial charge in [0.15, 0.2) is 11.5 Å². The van der Waals surface area contributed by atoms with Gasteiger partial charge in [-0.1, -0.05) is 64.0 Å². The molecule has 140 valence electrons. The van der Waals surface area contributed by atoms with Gasteiger partial charge in [-0.2, -0.15) is 0 Å². The summed E-state index contributed by atoms with van der Waals surface area (Å²) < 4.78 is 4.97. The maximum atomic E-state index is 12.0. The Labute approximate surface area is 153 Å². The predicted molar refractivity (Wildman–Crippen MR) is 103 cm³/mol. The first kappa shape index (κ1) is 21.4. The number of Topliss-reactive ketones (excluding diaryl/α,β-unsaturated/α-hetero) is 1. The number of ether oxygens (including phenoxy) is 1. The molecule has 0 atom stereocenters. The summed E-state index contributed by atoms with van der Waals surface area (Å²) in [7, 11) is 1.43. The molecule has 0 spiro atoms. The second-order valence-corrected chi connectivity index (χ2v) is 6.74. The highest BCUT2D eigenvalue weighted by molar-refractivity contribution is 6.19. The minimum atomic E-state index is -0.143. The van der Waals surface area contributed by atoms with Gasteiger partial charge in [0.25, 0.3) is 0 Å². The number of hydrogen-bond donors (Lipinski definition) is 0. The van der Waals surface area contributed by atoms with Crippen molar-refractivity contribution < 1.29 is 14.3 Å². The monoisotopic (exact) mass is 346 g/mol. The lowest BCUT2D eigenvalue weighted by atomic mass is 9.96. The van der Waals surface area contributed by atoms with Gasteiger partial charge in [0.1, 0.15) is 0 Å². The third kappa shape index (κ3) is 9.42. The highest BCUT2D eigenvalue weighted by Crippen LogP contribution is 2.20. The summed E-state index contributed by atoms with van der Waals surface area (Å²) in [4.78, 5) is 23.6. The lowest BCUT2D eigenvalue weighted by Gasteiger charge is -2.12. The van der Waals surface area contributed by atoms with E-state index in [1.807, 2.05) is 0 Å². The van der Waals surface area contributed by atoms with Gasteiger partial charge in [-0.15, -0.1) is 0 Å². The van der Waals surface area contributed by atoms with Crippen LogP contribution in [0.4, 0.5) is 0 Å². The summed E-state index contributed by atoms with van der Waals surface area (Å²) in [5, 5.41) is 0. The third-order valence-corrected chi connectivity index (χ3v) is 4.53. The minimum Gasteiger partial charge on any atom is -0.493 e. The second kappa shape index (κ2) is 13.6. The molecule has 1 rings (SSSR count). The van der Waals surface area contributed by atoms with E-state index in [0.29, 0.717) is 12.0 Å². The van der Waals surface area contributed by atoms with Crippen LogP contribution in [0.5, 0.6) is 0 Å². The molecule has 1 aliphatic rings.